The van der Waals surface area contributed by atoms with Crippen LogP contribution in [0, 0.1) is 5.41 Å². The van der Waals surface area contributed by atoms with Crippen LogP contribution in [0.5, 0.6) is 0 Å². The first-order valence-corrected chi connectivity index (χ1v) is 7.43. The number of hydrogen-bond donors (Lipinski definition) is 2. The largest absolute Gasteiger partial charge is 0.352 e. The highest BCUT2D eigenvalue weighted by Gasteiger charge is 2.35. The van der Waals surface area contributed by atoms with Gasteiger partial charge in [0.1, 0.15) is 0 Å². The Morgan fingerprint density at radius 1 is 1.39 bits per heavy atom. The first kappa shape index (κ1) is 15.5. The van der Waals surface area contributed by atoms with E-state index in [1.807, 2.05) is 6.92 Å². The van der Waals surface area contributed by atoms with E-state index in [1.54, 1.807) is 0 Å². The molecule has 1 amide bonds. The van der Waals surface area contributed by atoms with Gasteiger partial charge in [0.15, 0.2) is 0 Å². The molecule has 1 aliphatic rings. The number of hydrogen-bond acceptors (Lipinski definition) is 2. The zero-order valence-corrected chi connectivity index (χ0v) is 12.7. The molecular weight excluding hydrogens is 224 g/mol. The third-order valence-corrected chi connectivity index (χ3v) is 4.21. The first-order chi connectivity index (χ1) is 8.36. The molecule has 1 rings (SSSR count). The van der Waals surface area contributed by atoms with Crippen LogP contribution in [0.2, 0.25) is 0 Å². The summed E-state index contributed by atoms with van der Waals surface area (Å²) >= 11 is 0. The molecule has 0 spiro atoms. The molecule has 0 bridgehead atoms. The van der Waals surface area contributed by atoms with Crippen molar-refractivity contribution in [3.05, 3.63) is 0 Å². The summed E-state index contributed by atoms with van der Waals surface area (Å²) < 4.78 is 0. The van der Waals surface area contributed by atoms with E-state index in [-0.39, 0.29) is 18.0 Å². The lowest BCUT2D eigenvalue weighted by Crippen LogP contribution is -2.51. The van der Waals surface area contributed by atoms with Gasteiger partial charge in [-0.15, -0.1) is 0 Å². The van der Waals surface area contributed by atoms with E-state index in [0.717, 1.165) is 12.8 Å². The molecule has 0 aromatic heterocycles. The van der Waals surface area contributed by atoms with Gasteiger partial charge < -0.3 is 10.6 Å². The maximum Gasteiger partial charge on any atom is 0.237 e. The van der Waals surface area contributed by atoms with Gasteiger partial charge >= 0.3 is 0 Å². The highest BCUT2D eigenvalue weighted by Crippen LogP contribution is 2.37. The summed E-state index contributed by atoms with van der Waals surface area (Å²) in [5.74, 6) is 0.138. The molecule has 18 heavy (non-hydrogen) atoms. The summed E-state index contributed by atoms with van der Waals surface area (Å²) in [6.45, 7) is 10.8. The minimum Gasteiger partial charge on any atom is -0.352 e. The topological polar surface area (TPSA) is 41.1 Å². The van der Waals surface area contributed by atoms with Crippen molar-refractivity contribution in [2.75, 3.05) is 0 Å². The Labute approximate surface area is 112 Å². The number of carbonyl (C=O) groups excluding carboxylic acids is 1. The van der Waals surface area contributed by atoms with Crippen molar-refractivity contribution in [1.29, 1.82) is 0 Å². The molecule has 106 valence electrons. The van der Waals surface area contributed by atoms with Gasteiger partial charge in [0, 0.05) is 12.1 Å². The number of carbonyl (C=O) groups is 1. The smallest absolute Gasteiger partial charge is 0.237 e. The lowest BCUT2D eigenvalue weighted by atomic mass is 9.87. The molecule has 1 aliphatic carbocycles. The zero-order chi connectivity index (χ0) is 13.8. The fourth-order valence-corrected chi connectivity index (χ4v) is 2.89. The van der Waals surface area contributed by atoms with Crippen LogP contribution < -0.4 is 10.6 Å². The van der Waals surface area contributed by atoms with Crippen LogP contribution in [0.3, 0.4) is 0 Å². The Bertz CT molecular complexity index is 276. The Balaban J connectivity index is 2.40. The molecule has 3 heteroatoms. The van der Waals surface area contributed by atoms with Crippen molar-refractivity contribution in [3.8, 4) is 0 Å². The van der Waals surface area contributed by atoms with Crippen LogP contribution in [0.15, 0.2) is 0 Å². The molecule has 0 saturated heterocycles. The lowest BCUT2D eigenvalue weighted by Gasteiger charge is -2.30. The zero-order valence-electron chi connectivity index (χ0n) is 12.7. The normalized spacial score (nSPS) is 25.7. The Hall–Kier alpha value is -0.570. The van der Waals surface area contributed by atoms with E-state index in [2.05, 4.69) is 38.3 Å². The average Bonchev–Trinajstić information content (AvgIpc) is 2.58. The third-order valence-electron chi connectivity index (χ3n) is 4.21. The minimum atomic E-state index is -0.0910. The van der Waals surface area contributed by atoms with E-state index in [4.69, 9.17) is 0 Å². The molecule has 0 aliphatic heterocycles. The van der Waals surface area contributed by atoms with Crippen molar-refractivity contribution in [1.82, 2.24) is 10.6 Å². The van der Waals surface area contributed by atoms with E-state index in [1.165, 1.54) is 19.3 Å². The highest BCUT2D eigenvalue weighted by molar-refractivity contribution is 5.81. The molecular formula is C15H30N2O. The molecule has 3 unspecified atom stereocenters. The van der Waals surface area contributed by atoms with Crippen molar-refractivity contribution < 1.29 is 4.79 Å². The highest BCUT2D eigenvalue weighted by atomic mass is 16.2. The molecule has 2 N–H and O–H groups in total. The molecule has 0 aromatic rings. The monoisotopic (exact) mass is 254 g/mol. The predicted molar refractivity (Wildman–Crippen MR) is 76.5 cm³/mol. The van der Waals surface area contributed by atoms with Gasteiger partial charge in [-0.3, -0.25) is 4.79 Å². The van der Waals surface area contributed by atoms with E-state index < -0.39 is 0 Å². The van der Waals surface area contributed by atoms with E-state index in [9.17, 15) is 4.79 Å². The van der Waals surface area contributed by atoms with E-state index in [0.29, 0.717) is 11.5 Å². The fraction of sp³-hybridized carbons (Fsp3) is 0.933. The van der Waals surface area contributed by atoms with Crippen molar-refractivity contribution in [3.63, 3.8) is 0 Å². The first-order valence-electron chi connectivity index (χ1n) is 7.43. The SMILES string of the molecule is CCCC(C)NC(=O)C(C)NC1CCCC1(C)C. The summed E-state index contributed by atoms with van der Waals surface area (Å²) in [4.78, 5) is 12.1. The fourth-order valence-electron chi connectivity index (χ4n) is 2.89. The van der Waals surface area contributed by atoms with Crippen LogP contribution in [0.4, 0.5) is 0 Å². The van der Waals surface area contributed by atoms with Gasteiger partial charge in [-0.2, -0.15) is 0 Å². The van der Waals surface area contributed by atoms with Crippen LogP contribution in [0.1, 0.15) is 66.7 Å². The van der Waals surface area contributed by atoms with Gasteiger partial charge in [0.2, 0.25) is 5.91 Å². The summed E-state index contributed by atoms with van der Waals surface area (Å²) in [7, 11) is 0. The second-order valence-corrected chi connectivity index (χ2v) is 6.52. The average molecular weight is 254 g/mol. The van der Waals surface area contributed by atoms with Gasteiger partial charge in [-0.25, -0.2) is 0 Å². The molecule has 1 saturated carbocycles. The quantitative estimate of drug-likeness (QED) is 0.765. The molecule has 1 fully saturated rings. The van der Waals surface area contributed by atoms with Crippen molar-refractivity contribution in [2.24, 2.45) is 5.41 Å². The molecule has 0 aromatic carbocycles. The third kappa shape index (κ3) is 4.27. The Morgan fingerprint density at radius 2 is 2.06 bits per heavy atom. The lowest BCUT2D eigenvalue weighted by molar-refractivity contribution is -0.123. The Kier molecular flexibility index (Phi) is 5.64. The van der Waals surface area contributed by atoms with Crippen molar-refractivity contribution in [2.45, 2.75) is 84.8 Å². The molecule has 0 heterocycles. The second-order valence-electron chi connectivity index (χ2n) is 6.52. The summed E-state index contributed by atoms with van der Waals surface area (Å²) in [5, 5.41) is 6.58. The molecule has 3 atom stereocenters. The Morgan fingerprint density at radius 3 is 2.56 bits per heavy atom. The predicted octanol–water partition coefficient (Wildman–Crippen LogP) is 2.85. The van der Waals surface area contributed by atoms with Gasteiger partial charge in [0.25, 0.3) is 0 Å². The number of amides is 1. The number of nitrogens with one attached hydrogen (secondary N) is 2. The maximum absolute atomic E-state index is 12.1. The minimum absolute atomic E-state index is 0.0910. The van der Waals surface area contributed by atoms with Crippen LogP contribution in [-0.2, 0) is 4.79 Å². The molecule has 3 nitrogen and oxygen atoms in total. The van der Waals surface area contributed by atoms with Gasteiger partial charge in [0.05, 0.1) is 6.04 Å². The number of rotatable bonds is 6. The second kappa shape index (κ2) is 6.55. The maximum atomic E-state index is 12.1. The van der Waals surface area contributed by atoms with Crippen LogP contribution >= 0.6 is 0 Å². The van der Waals surface area contributed by atoms with Gasteiger partial charge in [-0.05, 0) is 38.5 Å². The van der Waals surface area contributed by atoms with Gasteiger partial charge in [-0.1, -0.05) is 33.6 Å². The summed E-state index contributed by atoms with van der Waals surface area (Å²) in [5.41, 5.74) is 0.323. The summed E-state index contributed by atoms with van der Waals surface area (Å²) in [6.07, 6.45) is 5.87. The van der Waals surface area contributed by atoms with E-state index >= 15 is 0 Å². The van der Waals surface area contributed by atoms with Crippen LogP contribution in [0.25, 0.3) is 0 Å². The van der Waals surface area contributed by atoms with Crippen LogP contribution in [-0.4, -0.2) is 24.0 Å². The van der Waals surface area contributed by atoms with Crippen molar-refractivity contribution >= 4 is 5.91 Å². The summed E-state index contributed by atoms with van der Waals surface area (Å²) in [6, 6.07) is 0.662. The molecule has 0 radical (unpaired) electrons. The standard InChI is InChI=1S/C15H30N2O/c1-6-8-11(2)16-14(18)12(3)17-13-9-7-10-15(13,4)5/h11-13,17H,6-10H2,1-5H3,(H,16,18).